The van der Waals surface area contributed by atoms with Crippen molar-refractivity contribution in [2.75, 3.05) is 0 Å². The largest absolute Gasteiger partial charge is 0.478 e. The molecule has 0 aromatic carbocycles. The Morgan fingerprint density at radius 3 is 2.59 bits per heavy atom. The number of nitrogens with zero attached hydrogens (tertiary/aromatic N) is 1. The van der Waals surface area contributed by atoms with Gasteiger partial charge < -0.3 is 5.11 Å². The van der Waals surface area contributed by atoms with E-state index in [1.165, 1.54) is 16.7 Å². The smallest absolute Gasteiger partial charge is 0.338 e. The molecule has 0 fully saturated rings. The molecule has 2 rings (SSSR count). The van der Waals surface area contributed by atoms with E-state index in [9.17, 15) is 14.4 Å². The summed E-state index contributed by atoms with van der Waals surface area (Å²) in [6.45, 7) is 3.66. The molecular formula is C11H11NO4S. The van der Waals surface area contributed by atoms with E-state index < -0.39 is 12.0 Å². The molecule has 1 atom stereocenters. The van der Waals surface area contributed by atoms with Crippen molar-refractivity contribution in [1.29, 1.82) is 0 Å². The summed E-state index contributed by atoms with van der Waals surface area (Å²) in [6.07, 6.45) is 0. The fourth-order valence-corrected chi connectivity index (χ4v) is 3.15. The fourth-order valence-electron chi connectivity index (χ4n) is 1.90. The molecule has 1 aromatic rings. The third-order valence-electron chi connectivity index (χ3n) is 2.66. The summed E-state index contributed by atoms with van der Waals surface area (Å²) in [7, 11) is 0. The number of carboxylic acids is 1. The van der Waals surface area contributed by atoms with Gasteiger partial charge in [0.25, 0.3) is 5.56 Å². The maximum absolute atomic E-state index is 11.8. The Morgan fingerprint density at radius 2 is 2.06 bits per heavy atom. The number of aromatic carboxylic acids is 1. The standard InChI is InChI=1S/C11H11NO4S/c1-5(2)8-11(16)17-9-6(10(14)15)3-4-7(13)12(8)9/h3-5,8H,1-2H3,(H,14,15). The quantitative estimate of drug-likeness (QED) is 0.861. The molecule has 0 saturated heterocycles. The van der Waals surface area contributed by atoms with Crippen molar-refractivity contribution in [2.24, 2.45) is 5.92 Å². The van der Waals surface area contributed by atoms with Gasteiger partial charge in [0.15, 0.2) is 0 Å². The maximum atomic E-state index is 11.8. The summed E-state index contributed by atoms with van der Waals surface area (Å²) in [4.78, 5) is 34.6. The van der Waals surface area contributed by atoms with E-state index in [0.717, 1.165) is 11.8 Å². The van der Waals surface area contributed by atoms with Crippen LogP contribution in [0, 0.1) is 5.92 Å². The number of pyridine rings is 1. The van der Waals surface area contributed by atoms with E-state index in [1.807, 2.05) is 13.8 Å². The molecule has 17 heavy (non-hydrogen) atoms. The minimum Gasteiger partial charge on any atom is -0.478 e. The Kier molecular flexibility index (Phi) is 2.82. The first-order chi connectivity index (χ1) is 7.93. The molecule has 0 amide bonds. The first kappa shape index (κ1) is 11.9. The van der Waals surface area contributed by atoms with Crippen LogP contribution in [0.2, 0.25) is 0 Å². The van der Waals surface area contributed by atoms with E-state index in [2.05, 4.69) is 0 Å². The van der Waals surface area contributed by atoms with Crippen LogP contribution in [0.15, 0.2) is 22.0 Å². The molecule has 1 unspecified atom stereocenters. The van der Waals surface area contributed by atoms with Crippen LogP contribution in [0.1, 0.15) is 30.2 Å². The van der Waals surface area contributed by atoms with Crippen LogP contribution in [0.5, 0.6) is 0 Å². The maximum Gasteiger partial charge on any atom is 0.338 e. The molecule has 2 heterocycles. The van der Waals surface area contributed by atoms with Crippen molar-refractivity contribution in [2.45, 2.75) is 24.9 Å². The van der Waals surface area contributed by atoms with Gasteiger partial charge in [0, 0.05) is 6.07 Å². The summed E-state index contributed by atoms with van der Waals surface area (Å²) in [6, 6.07) is 1.88. The molecule has 0 spiro atoms. The van der Waals surface area contributed by atoms with Gasteiger partial charge in [-0.1, -0.05) is 13.8 Å². The molecule has 0 aliphatic carbocycles. The number of aromatic nitrogens is 1. The van der Waals surface area contributed by atoms with E-state index in [0.29, 0.717) is 0 Å². The number of rotatable bonds is 2. The number of hydrogen-bond donors (Lipinski definition) is 1. The highest BCUT2D eigenvalue weighted by Crippen LogP contribution is 2.38. The van der Waals surface area contributed by atoms with Gasteiger partial charge >= 0.3 is 5.97 Å². The minimum absolute atomic E-state index is 0.00565. The van der Waals surface area contributed by atoms with Crippen molar-refractivity contribution in [3.8, 4) is 0 Å². The van der Waals surface area contributed by atoms with Gasteiger partial charge in [0.1, 0.15) is 11.1 Å². The van der Waals surface area contributed by atoms with Crippen LogP contribution in [-0.4, -0.2) is 20.8 Å². The number of carboxylic acid groups (broad SMARTS) is 1. The zero-order valence-electron chi connectivity index (χ0n) is 9.34. The third kappa shape index (κ3) is 1.78. The summed E-state index contributed by atoms with van der Waals surface area (Å²) >= 11 is 0.840. The van der Waals surface area contributed by atoms with Gasteiger partial charge in [0.2, 0.25) is 5.12 Å². The lowest BCUT2D eigenvalue weighted by Crippen LogP contribution is -2.28. The molecule has 5 nitrogen and oxygen atoms in total. The summed E-state index contributed by atoms with van der Waals surface area (Å²) in [5.41, 5.74) is -0.326. The molecule has 1 N–H and O–H groups in total. The van der Waals surface area contributed by atoms with E-state index in [-0.39, 0.29) is 27.2 Å². The highest BCUT2D eigenvalue weighted by atomic mass is 32.2. The molecule has 6 heteroatoms. The lowest BCUT2D eigenvalue weighted by molar-refractivity contribution is -0.114. The van der Waals surface area contributed by atoms with Crippen LogP contribution in [0.25, 0.3) is 0 Å². The molecule has 0 bridgehead atoms. The van der Waals surface area contributed by atoms with Gasteiger partial charge in [-0.3, -0.25) is 14.2 Å². The van der Waals surface area contributed by atoms with Crippen molar-refractivity contribution in [1.82, 2.24) is 4.57 Å². The van der Waals surface area contributed by atoms with Gasteiger partial charge in [0.05, 0.1) is 5.56 Å². The number of hydrogen-bond acceptors (Lipinski definition) is 4. The van der Waals surface area contributed by atoms with Gasteiger partial charge in [-0.2, -0.15) is 0 Å². The van der Waals surface area contributed by atoms with E-state index >= 15 is 0 Å². The Labute approximate surface area is 101 Å². The Morgan fingerprint density at radius 1 is 1.41 bits per heavy atom. The Hall–Kier alpha value is -1.56. The minimum atomic E-state index is -1.13. The van der Waals surface area contributed by atoms with Crippen LogP contribution in [-0.2, 0) is 4.79 Å². The molecule has 0 radical (unpaired) electrons. The summed E-state index contributed by atoms with van der Waals surface area (Å²) < 4.78 is 1.29. The lowest BCUT2D eigenvalue weighted by Gasteiger charge is -2.15. The second-order valence-electron chi connectivity index (χ2n) is 4.18. The second kappa shape index (κ2) is 4.03. The second-order valence-corrected chi connectivity index (χ2v) is 5.17. The molecule has 90 valence electrons. The average Bonchev–Trinajstić information content (AvgIpc) is 2.55. The molecule has 1 aromatic heterocycles. The first-order valence-corrected chi connectivity index (χ1v) is 5.95. The van der Waals surface area contributed by atoms with Crippen LogP contribution in [0.4, 0.5) is 0 Å². The molecule has 1 aliphatic rings. The lowest BCUT2D eigenvalue weighted by atomic mass is 10.1. The normalized spacial score (nSPS) is 18.5. The average molecular weight is 253 g/mol. The monoisotopic (exact) mass is 253 g/mol. The highest BCUT2D eigenvalue weighted by molar-refractivity contribution is 8.14. The predicted octanol–water partition coefficient (Wildman–Crippen LogP) is 1.38. The molecule has 1 aliphatic heterocycles. The van der Waals surface area contributed by atoms with Gasteiger partial charge in [-0.25, -0.2) is 4.79 Å². The SMILES string of the molecule is CC(C)C1C(=O)Sc2c(C(=O)O)ccc(=O)n21. The van der Waals surface area contributed by atoms with Crippen LogP contribution >= 0.6 is 11.8 Å². The molecule has 0 saturated carbocycles. The van der Waals surface area contributed by atoms with Crippen molar-refractivity contribution in [3.63, 3.8) is 0 Å². The number of carbonyl (C=O) groups is 2. The van der Waals surface area contributed by atoms with Crippen LogP contribution in [0.3, 0.4) is 0 Å². The number of carbonyl (C=O) groups excluding carboxylic acids is 1. The summed E-state index contributed by atoms with van der Waals surface area (Å²) in [5.74, 6) is -1.17. The third-order valence-corrected chi connectivity index (χ3v) is 3.71. The zero-order chi connectivity index (χ0) is 12.7. The number of thioether (sulfide) groups is 1. The van der Waals surface area contributed by atoms with Crippen LogP contribution < -0.4 is 5.56 Å². The molecular weight excluding hydrogens is 242 g/mol. The topological polar surface area (TPSA) is 76.4 Å². The Balaban J connectivity index is 2.71. The van der Waals surface area contributed by atoms with E-state index in [4.69, 9.17) is 5.11 Å². The van der Waals surface area contributed by atoms with Gasteiger partial charge in [-0.05, 0) is 23.7 Å². The number of fused-ring (bicyclic) bond motifs is 1. The zero-order valence-corrected chi connectivity index (χ0v) is 10.2. The van der Waals surface area contributed by atoms with E-state index in [1.54, 1.807) is 0 Å². The van der Waals surface area contributed by atoms with Gasteiger partial charge in [-0.15, -0.1) is 0 Å². The van der Waals surface area contributed by atoms with Crippen molar-refractivity contribution < 1.29 is 14.7 Å². The Bertz CT molecular complexity index is 561. The predicted molar refractivity (Wildman–Crippen MR) is 62.4 cm³/mol. The summed E-state index contributed by atoms with van der Waals surface area (Å²) in [5, 5.41) is 9.08. The van der Waals surface area contributed by atoms with Crippen molar-refractivity contribution >= 4 is 22.8 Å². The first-order valence-electron chi connectivity index (χ1n) is 5.14. The highest BCUT2D eigenvalue weighted by Gasteiger charge is 2.37. The fraction of sp³-hybridized carbons (Fsp3) is 0.364. The van der Waals surface area contributed by atoms with Crippen molar-refractivity contribution in [3.05, 3.63) is 28.0 Å².